The molecule has 1 fully saturated rings. The van der Waals surface area contributed by atoms with Crippen LogP contribution in [0.25, 0.3) is 0 Å². The average Bonchev–Trinajstić information content (AvgIpc) is 2.81. The zero-order chi connectivity index (χ0) is 12.4. The highest BCUT2D eigenvalue weighted by Crippen LogP contribution is 2.41. The molecule has 0 bridgehead atoms. The van der Waals surface area contributed by atoms with Crippen molar-refractivity contribution >= 4 is 0 Å². The highest BCUT2D eigenvalue weighted by atomic mass is 19.1. The lowest BCUT2D eigenvalue weighted by molar-refractivity contribution is 0.326. The van der Waals surface area contributed by atoms with E-state index < -0.39 is 11.6 Å². The van der Waals surface area contributed by atoms with Crippen LogP contribution in [0, 0.1) is 11.6 Å². The summed E-state index contributed by atoms with van der Waals surface area (Å²) in [5.41, 5.74) is 0.350. The van der Waals surface area contributed by atoms with Crippen molar-refractivity contribution in [3.8, 4) is 11.5 Å². The van der Waals surface area contributed by atoms with E-state index in [0.29, 0.717) is 5.56 Å². The first-order chi connectivity index (χ1) is 8.19. The summed E-state index contributed by atoms with van der Waals surface area (Å²) in [5.74, 6) is -1.25. The van der Waals surface area contributed by atoms with Crippen LogP contribution in [0.1, 0.15) is 24.4 Å². The molecule has 94 valence electrons. The van der Waals surface area contributed by atoms with Crippen molar-refractivity contribution in [3.63, 3.8) is 0 Å². The van der Waals surface area contributed by atoms with Crippen molar-refractivity contribution in [2.45, 2.75) is 18.9 Å². The van der Waals surface area contributed by atoms with E-state index in [-0.39, 0.29) is 17.5 Å². The third-order valence-corrected chi connectivity index (χ3v) is 3.00. The molecule has 0 aliphatic carbocycles. The summed E-state index contributed by atoms with van der Waals surface area (Å²) in [6.45, 7) is 0.826. The Bertz CT molecular complexity index is 417. The van der Waals surface area contributed by atoms with Crippen LogP contribution in [0.2, 0.25) is 0 Å². The van der Waals surface area contributed by atoms with Gasteiger partial charge in [0.05, 0.1) is 19.8 Å². The molecule has 1 heterocycles. The monoisotopic (exact) mass is 243 g/mol. The number of hydrogen-bond acceptors (Lipinski definition) is 3. The summed E-state index contributed by atoms with van der Waals surface area (Å²) in [4.78, 5) is 0. The summed E-state index contributed by atoms with van der Waals surface area (Å²) in [5, 5.41) is 3.16. The van der Waals surface area contributed by atoms with Crippen molar-refractivity contribution < 1.29 is 18.3 Å². The van der Waals surface area contributed by atoms with Gasteiger partial charge in [0, 0.05) is 12.1 Å². The number of ether oxygens (including phenoxy) is 2. The standard InChI is InChI=1S/C12H15F2NO2/c1-16-11-8(14)6-7(13)10(12(11)17-2)9-4-3-5-15-9/h6,9,15H,3-5H2,1-2H3. The third kappa shape index (κ3) is 2.07. The van der Waals surface area contributed by atoms with E-state index in [0.717, 1.165) is 25.5 Å². The van der Waals surface area contributed by atoms with Crippen LogP contribution in [0.5, 0.6) is 11.5 Å². The van der Waals surface area contributed by atoms with Crippen molar-refractivity contribution in [2.75, 3.05) is 20.8 Å². The van der Waals surface area contributed by atoms with Gasteiger partial charge in [-0.1, -0.05) is 0 Å². The molecule has 17 heavy (non-hydrogen) atoms. The van der Waals surface area contributed by atoms with Crippen molar-refractivity contribution in [1.29, 1.82) is 0 Å². The van der Waals surface area contributed by atoms with Crippen LogP contribution >= 0.6 is 0 Å². The van der Waals surface area contributed by atoms with E-state index >= 15 is 0 Å². The molecule has 2 rings (SSSR count). The summed E-state index contributed by atoms with van der Waals surface area (Å²) in [7, 11) is 2.72. The molecule has 1 atom stereocenters. The minimum atomic E-state index is -0.747. The minimum Gasteiger partial charge on any atom is -0.492 e. The molecule has 0 radical (unpaired) electrons. The first-order valence-electron chi connectivity index (χ1n) is 5.52. The van der Waals surface area contributed by atoms with Crippen LogP contribution in [-0.2, 0) is 0 Å². The van der Waals surface area contributed by atoms with Gasteiger partial charge in [0.1, 0.15) is 5.82 Å². The maximum Gasteiger partial charge on any atom is 0.197 e. The van der Waals surface area contributed by atoms with Gasteiger partial charge in [-0.05, 0) is 19.4 Å². The number of halogens is 2. The van der Waals surface area contributed by atoms with Crippen LogP contribution in [0.4, 0.5) is 8.78 Å². The predicted octanol–water partition coefficient (Wildman–Crippen LogP) is 2.41. The van der Waals surface area contributed by atoms with Gasteiger partial charge >= 0.3 is 0 Å². The summed E-state index contributed by atoms with van der Waals surface area (Å²) in [6.07, 6.45) is 1.77. The van der Waals surface area contributed by atoms with E-state index in [9.17, 15) is 8.78 Å². The number of methoxy groups -OCH3 is 2. The lowest BCUT2D eigenvalue weighted by atomic mass is 10.0. The highest BCUT2D eigenvalue weighted by molar-refractivity contribution is 5.50. The fourth-order valence-electron chi connectivity index (χ4n) is 2.24. The molecule has 5 heteroatoms. The fraction of sp³-hybridized carbons (Fsp3) is 0.500. The van der Waals surface area contributed by atoms with Crippen LogP contribution < -0.4 is 14.8 Å². The molecule has 1 N–H and O–H groups in total. The van der Waals surface area contributed by atoms with Gasteiger partial charge in [0.2, 0.25) is 0 Å². The Labute approximate surface area is 98.7 Å². The lowest BCUT2D eigenvalue weighted by Crippen LogP contribution is -2.16. The first-order valence-corrected chi connectivity index (χ1v) is 5.52. The first kappa shape index (κ1) is 12.1. The predicted molar refractivity (Wildman–Crippen MR) is 59.4 cm³/mol. The molecule has 0 spiro atoms. The Morgan fingerprint density at radius 3 is 2.41 bits per heavy atom. The molecule has 3 nitrogen and oxygen atoms in total. The Hall–Kier alpha value is -1.36. The summed E-state index contributed by atoms with van der Waals surface area (Å²) >= 11 is 0. The topological polar surface area (TPSA) is 30.5 Å². The number of rotatable bonds is 3. The molecule has 0 saturated carbocycles. The molecular formula is C12H15F2NO2. The SMILES string of the molecule is COc1c(F)cc(F)c(C2CCCN2)c1OC. The summed E-state index contributed by atoms with van der Waals surface area (Å²) < 4.78 is 37.4. The molecular weight excluding hydrogens is 228 g/mol. The number of benzene rings is 1. The van der Waals surface area contributed by atoms with E-state index in [4.69, 9.17) is 9.47 Å². The minimum absolute atomic E-state index is 0.0439. The normalized spacial score (nSPS) is 19.4. The maximum absolute atomic E-state index is 13.9. The zero-order valence-corrected chi connectivity index (χ0v) is 9.85. The van der Waals surface area contributed by atoms with Crippen LogP contribution in [0.3, 0.4) is 0 Å². The quantitative estimate of drug-likeness (QED) is 0.884. The average molecular weight is 243 g/mol. The van der Waals surface area contributed by atoms with E-state index in [1.165, 1.54) is 14.2 Å². The van der Waals surface area contributed by atoms with Crippen LogP contribution in [0.15, 0.2) is 6.07 Å². The molecule has 1 aromatic rings. The molecule has 0 aromatic heterocycles. The second-order valence-corrected chi connectivity index (χ2v) is 3.97. The third-order valence-electron chi connectivity index (χ3n) is 3.00. The zero-order valence-electron chi connectivity index (χ0n) is 9.85. The molecule has 1 aromatic carbocycles. The second-order valence-electron chi connectivity index (χ2n) is 3.97. The largest absolute Gasteiger partial charge is 0.492 e. The molecule has 1 unspecified atom stereocenters. The van der Waals surface area contributed by atoms with E-state index in [1.807, 2.05) is 0 Å². The van der Waals surface area contributed by atoms with Gasteiger partial charge in [0.25, 0.3) is 0 Å². The molecule has 0 amide bonds. The van der Waals surface area contributed by atoms with Crippen molar-refractivity contribution in [3.05, 3.63) is 23.3 Å². The Morgan fingerprint density at radius 2 is 1.88 bits per heavy atom. The number of nitrogens with one attached hydrogen (secondary N) is 1. The van der Waals surface area contributed by atoms with Gasteiger partial charge in [-0.3, -0.25) is 0 Å². The van der Waals surface area contributed by atoms with Crippen molar-refractivity contribution in [2.24, 2.45) is 0 Å². The van der Waals surface area contributed by atoms with E-state index in [2.05, 4.69) is 5.32 Å². The number of hydrogen-bond donors (Lipinski definition) is 1. The van der Waals surface area contributed by atoms with Gasteiger partial charge in [-0.25, -0.2) is 8.78 Å². The Balaban J connectivity index is 2.55. The molecule has 1 aliphatic rings. The van der Waals surface area contributed by atoms with Gasteiger partial charge < -0.3 is 14.8 Å². The summed E-state index contributed by atoms with van der Waals surface area (Å²) in [6, 6.07) is 0.705. The molecule has 1 saturated heterocycles. The van der Waals surface area contributed by atoms with Gasteiger partial charge in [-0.2, -0.15) is 0 Å². The Morgan fingerprint density at radius 1 is 1.18 bits per heavy atom. The Kier molecular flexibility index (Phi) is 3.47. The van der Waals surface area contributed by atoms with E-state index in [1.54, 1.807) is 0 Å². The second kappa shape index (κ2) is 4.87. The molecule has 1 aliphatic heterocycles. The lowest BCUT2D eigenvalue weighted by Gasteiger charge is -2.18. The smallest absolute Gasteiger partial charge is 0.197 e. The maximum atomic E-state index is 13.9. The van der Waals surface area contributed by atoms with Gasteiger partial charge in [0.15, 0.2) is 17.3 Å². The van der Waals surface area contributed by atoms with Crippen LogP contribution in [-0.4, -0.2) is 20.8 Å². The van der Waals surface area contributed by atoms with Crippen molar-refractivity contribution in [1.82, 2.24) is 5.32 Å². The fourth-order valence-corrected chi connectivity index (χ4v) is 2.24. The van der Waals surface area contributed by atoms with Gasteiger partial charge in [-0.15, -0.1) is 0 Å². The highest BCUT2D eigenvalue weighted by Gasteiger charge is 2.28.